The van der Waals surface area contributed by atoms with Crippen molar-refractivity contribution in [2.45, 2.75) is 44.6 Å². The van der Waals surface area contributed by atoms with Crippen LogP contribution >= 0.6 is 0 Å². The number of benzene rings is 1. The highest BCUT2D eigenvalue weighted by Gasteiger charge is 2.19. The minimum Gasteiger partial charge on any atom is -0.328 e. The summed E-state index contributed by atoms with van der Waals surface area (Å²) < 4.78 is 0. The summed E-state index contributed by atoms with van der Waals surface area (Å²) in [6.45, 7) is 2.14. The van der Waals surface area contributed by atoms with E-state index in [9.17, 15) is 0 Å². The van der Waals surface area contributed by atoms with Gasteiger partial charge in [0.25, 0.3) is 0 Å². The van der Waals surface area contributed by atoms with E-state index in [1.165, 1.54) is 36.8 Å². The summed E-state index contributed by atoms with van der Waals surface area (Å²) in [5, 5.41) is 0. The Morgan fingerprint density at radius 3 is 2.14 bits per heavy atom. The molecule has 1 fully saturated rings. The van der Waals surface area contributed by atoms with Crippen LogP contribution in [0.15, 0.2) is 24.3 Å². The molecule has 0 bridgehead atoms. The van der Waals surface area contributed by atoms with Crippen LogP contribution in [-0.4, -0.2) is 6.04 Å². The van der Waals surface area contributed by atoms with Crippen molar-refractivity contribution >= 4 is 0 Å². The van der Waals surface area contributed by atoms with Gasteiger partial charge < -0.3 is 5.73 Å². The molecule has 1 saturated carbocycles. The average molecular weight is 189 g/mol. The summed E-state index contributed by atoms with van der Waals surface area (Å²) in [4.78, 5) is 0. The molecule has 76 valence electrons. The van der Waals surface area contributed by atoms with E-state index >= 15 is 0 Å². The van der Waals surface area contributed by atoms with Crippen LogP contribution in [0.3, 0.4) is 0 Å². The first-order chi connectivity index (χ1) is 6.75. The Hall–Kier alpha value is -0.820. The lowest BCUT2D eigenvalue weighted by molar-refractivity contribution is 0.395. The molecular weight excluding hydrogens is 170 g/mol. The second-order valence-corrected chi connectivity index (χ2v) is 4.52. The van der Waals surface area contributed by atoms with Crippen LogP contribution in [0.25, 0.3) is 0 Å². The molecule has 0 aliphatic heterocycles. The second kappa shape index (κ2) is 4.14. The molecule has 1 aromatic rings. The predicted octanol–water partition coefficient (Wildman–Crippen LogP) is 2.98. The van der Waals surface area contributed by atoms with Gasteiger partial charge in [0.15, 0.2) is 0 Å². The fourth-order valence-electron chi connectivity index (χ4n) is 2.29. The molecule has 1 aliphatic rings. The largest absolute Gasteiger partial charge is 0.328 e. The van der Waals surface area contributed by atoms with Gasteiger partial charge in [0, 0.05) is 6.04 Å². The first kappa shape index (κ1) is 9.72. The van der Waals surface area contributed by atoms with E-state index in [0.29, 0.717) is 6.04 Å². The van der Waals surface area contributed by atoms with Crippen molar-refractivity contribution in [3.8, 4) is 0 Å². The maximum absolute atomic E-state index is 5.90. The zero-order chi connectivity index (χ0) is 9.97. The molecule has 0 amide bonds. The number of rotatable bonds is 1. The highest BCUT2D eigenvalue weighted by Crippen LogP contribution is 2.32. The van der Waals surface area contributed by atoms with Gasteiger partial charge in [0.05, 0.1) is 0 Å². The van der Waals surface area contributed by atoms with E-state index in [1.807, 2.05) is 0 Å². The average Bonchev–Trinajstić information content (AvgIpc) is 2.21. The van der Waals surface area contributed by atoms with Crippen molar-refractivity contribution in [1.82, 2.24) is 0 Å². The topological polar surface area (TPSA) is 26.0 Å². The van der Waals surface area contributed by atoms with Crippen LogP contribution in [0.2, 0.25) is 0 Å². The summed E-state index contributed by atoms with van der Waals surface area (Å²) in [6.07, 6.45) is 4.92. The standard InChI is InChI=1S/C13H19N/c1-10-2-4-11(5-3-10)12-6-8-13(14)9-7-12/h2-5,12-13H,6-9,14H2,1H3. The Balaban J connectivity index is 2.05. The quantitative estimate of drug-likeness (QED) is 0.722. The SMILES string of the molecule is Cc1ccc(C2CCC(N)CC2)cc1. The first-order valence-corrected chi connectivity index (χ1v) is 5.58. The van der Waals surface area contributed by atoms with Crippen LogP contribution < -0.4 is 5.73 Å². The van der Waals surface area contributed by atoms with Gasteiger partial charge >= 0.3 is 0 Å². The fourth-order valence-corrected chi connectivity index (χ4v) is 2.29. The predicted molar refractivity (Wildman–Crippen MR) is 60.4 cm³/mol. The Morgan fingerprint density at radius 2 is 1.57 bits per heavy atom. The van der Waals surface area contributed by atoms with Gasteiger partial charge in [0.1, 0.15) is 0 Å². The van der Waals surface area contributed by atoms with Crippen LogP contribution in [0.4, 0.5) is 0 Å². The molecule has 0 unspecified atom stereocenters. The van der Waals surface area contributed by atoms with E-state index in [1.54, 1.807) is 0 Å². The zero-order valence-corrected chi connectivity index (χ0v) is 8.87. The van der Waals surface area contributed by atoms with Gasteiger partial charge in [-0.2, -0.15) is 0 Å². The van der Waals surface area contributed by atoms with Crippen LogP contribution in [0, 0.1) is 6.92 Å². The van der Waals surface area contributed by atoms with Gasteiger partial charge in [-0.3, -0.25) is 0 Å². The Labute approximate surface area is 86.3 Å². The summed E-state index contributed by atoms with van der Waals surface area (Å²) >= 11 is 0. The summed E-state index contributed by atoms with van der Waals surface area (Å²) in [5.41, 5.74) is 8.75. The monoisotopic (exact) mass is 189 g/mol. The Bertz CT molecular complexity index is 281. The van der Waals surface area contributed by atoms with Crippen LogP contribution in [0.5, 0.6) is 0 Å². The number of hydrogen-bond donors (Lipinski definition) is 1. The second-order valence-electron chi connectivity index (χ2n) is 4.52. The summed E-state index contributed by atoms with van der Waals surface area (Å²) in [5.74, 6) is 0.760. The van der Waals surface area contributed by atoms with Crippen molar-refractivity contribution in [3.63, 3.8) is 0 Å². The highest BCUT2D eigenvalue weighted by atomic mass is 14.6. The third-order valence-electron chi connectivity index (χ3n) is 3.32. The number of nitrogens with two attached hydrogens (primary N) is 1. The van der Waals surface area contributed by atoms with E-state index in [-0.39, 0.29) is 0 Å². The van der Waals surface area contributed by atoms with Gasteiger partial charge in [-0.25, -0.2) is 0 Å². The fraction of sp³-hybridized carbons (Fsp3) is 0.538. The Morgan fingerprint density at radius 1 is 1.00 bits per heavy atom. The molecule has 1 nitrogen and oxygen atoms in total. The summed E-state index contributed by atoms with van der Waals surface area (Å²) in [6, 6.07) is 9.43. The van der Waals surface area contributed by atoms with Crippen molar-refractivity contribution in [2.75, 3.05) is 0 Å². The molecule has 0 spiro atoms. The lowest BCUT2D eigenvalue weighted by Gasteiger charge is -2.26. The van der Waals surface area contributed by atoms with E-state index < -0.39 is 0 Å². The molecule has 0 heterocycles. The van der Waals surface area contributed by atoms with E-state index in [4.69, 9.17) is 5.73 Å². The third-order valence-corrected chi connectivity index (χ3v) is 3.32. The normalized spacial score (nSPS) is 27.6. The third kappa shape index (κ3) is 2.16. The molecular formula is C13H19N. The zero-order valence-electron chi connectivity index (χ0n) is 8.87. The molecule has 1 heteroatoms. The smallest absolute Gasteiger partial charge is 0.00392 e. The van der Waals surface area contributed by atoms with Gasteiger partial charge in [0.2, 0.25) is 0 Å². The van der Waals surface area contributed by atoms with Crippen LogP contribution in [0.1, 0.15) is 42.7 Å². The van der Waals surface area contributed by atoms with Crippen molar-refractivity contribution in [1.29, 1.82) is 0 Å². The maximum atomic E-state index is 5.90. The molecule has 0 aromatic heterocycles. The Kier molecular flexibility index (Phi) is 2.87. The van der Waals surface area contributed by atoms with Crippen molar-refractivity contribution < 1.29 is 0 Å². The molecule has 2 rings (SSSR count). The van der Waals surface area contributed by atoms with Crippen LogP contribution in [-0.2, 0) is 0 Å². The molecule has 14 heavy (non-hydrogen) atoms. The minimum atomic E-state index is 0.455. The van der Waals surface area contributed by atoms with Crippen molar-refractivity contribution in [3.05, 3.63) is 35.4 Å². The van der Waals surface area contributed by atoms with Gasteiger partial charge in [-0.05, 0) is 44.1 Å². The molecule has 2 N–H and O–H groups in total. The van der Waals surface area contributed by atoms with E-state index in [0.717, 1.165) is 5.92 Å². The maximum Gasteiger partial charge on any atom is 0.00392 e. The number of hydrogen-bond acceptors (Lipinski definition) is 1. The molecule has 0 radical (unpaired) electrons. The van der Waals surface area contributed by atoms with E-state index in [2.05, 4.69) is 31.2 Å². The molecule has 0 saturated heterocycles. The molecule has 1 aromatic carbocycles. The lowest BCUT2D eigenvalue weighted by atomic mass is 9.82. The van der Waals surface area contributed by atoms with Crippen molar-refractivity contribution in [2.24, 2.45) is 5.73 Å². The minimum absolute atomic E-state index is 0.455. The highest BCUT2D eigenvalue weighted by molar-refractivity contribution is 5.24. The number of aryl methyl sites for hydroxylation is 1. The molecule has 1 aliphatic carbocycles. The molecule has 0 atom stereocenters. The van der Waals surface area contributed by atoms with Gasteiger partial charge in [-0.1, -0.05) is 29.8 Å². The van der Waals surface area contributed by atoms with Gasteiger partial charge in [-0.15, -0.1) is 0 Å². The lowest BCUT2D eigenvalue weighted by Crippen LogP contribution is -2.25. The first-order valence-electron chi connectivity index (χ1n) is 5.58. The summed E-state index contributed by atoms with van der Waals surface area (Å²) in [7, 11) is 0.